The normalized spacial score (nSPS) is 16.4. The lowest BCUT2D eigenvalue weighted by molar-refractivity contribution is 0.242. The Bertz CT molecular complexity index is 1330. The number of anilines is 3. The fourth-order valence-corrected chi connectivity index (χ4v) is 5.30. The minimum Gasteiger partial charge on any atom is -0.368 e. The van der Waals surface area contributed by atoms with Crippen LogP contribution in [0.15, 0.2) is 17.6 Å². The van der Waals surface area contributed by atoms with E-state index >= 15 is 0 Å². The first-order chi connectivity index (χ1) is 15.5. The van der Waals surface area contributed by atoms with Gasteiger partial charge < -0.3 is 11.1 Å². The van der Waals surface area contributed by atoms with Crippen molar-refractivity contribution in [2.75, 3.05) is 24.1 Å². The largest absolute Gasteiger partial charge is 0.368 e. The number of hydrogen-bond donors (Lipinski definition) is 2. The van der Waals surface area contributed by atoms with Gasteiger partial charge in [0.2, 0.25) is 17.2 Å². The van der Waals surface area contributed by atoms with Gasteiger partial charge in [0.15, 0.2) is 5.82 Å². The van der Waals surface area contributed by atoms with Crippen molar-refractivity contribution < 1.29 is 0 Å². The minimum absolute atomic E-state index is 0.146. The van der Waals surface area contributed by atoms with Crippen molar-refractivity contribution in [2.24, 2.45) is 5.92 Å². The highest BCUT2D eigenvalue weighted by Gasteiger charge is 2.27. The van der Waals surface area contributed by atoms with Gasteiger partial charge in [-0.3, -0.25) is 9.88 Å². The average Bonchev–Trinajstić information content (AvgIpc) is 3.41. The Hall–Kier alpha value is -2.82. The molecule has 0 amide bonds. The summed E-state index contributed by atoms with van der Waals surface area (Å²) in [7, 11) is 0. The van der Waals surface area contributed by atoms with Crippen LogP contribution in [0.1, 0.15) is 29.7 Å². The molecule has 0 unspecified atom stereocenters. The molecule has 4 aromatic rings. The first-order valence-corrected chi connectivity index (χ1v) is 11.9. The lowest BCUT2D eigenvalue weighted by atomic mass is 10.0. The highest BCUT2D eigenvalue weighted by atomic mass is 35.5. The van der Waals surface area contributed by atoms with Crippen LogP contribution in [-0.2, 0) is 13.0 Å². The zero-order valence-electron chi connectivity index (χ0n) is 17.5. The molecule has 2 aliphatic rings. The summed E-state index contributed by atoms with van der Waals surface area (Å²) in [5.41, 5.74) is 11.3. The lowest BCUT2D eigenvalue weighted by Gasteiger charge is -2.28. The molecule has 1 fully saturated rings. The number of aryl methyl sites for hydroxylation is 1. The van der Waals surface area contributed by atoms with E-state index in [1.165, 1.54) is 46.7 Å². The van der Waals surface area contributed by atoms with Crippen molar-refractivity contribution in [3.8, 4) is 5.82 Å². The van der Waals surface area contributed by atoms with Crippen LogP contribution in [0.25, 0.3) is 16.0 Å². The van der Waals surface area contributed by atoms with Gasteiger partial charge >= 0.3 is 0 Å². The van der Waals surface area contributed by atoms with E-state index in [9.17, 15) is 0 Å². The van der Waals surface area contributed by atoms with Gasteiger partial charge in [-0.05, 0) is 59.9 Å². The van der Waals surface area contributed by atoms with Gasteiger partial charge in [0.1, 0.15) is 0 Å². The molecule has 9 nitrogen and oxygen atoms in total. The van der Waals surface area contributed by atoms with Gasteiger partial charge in [0.25, 0.3) is 0 Å². The van der Waals surface area contributed by atoms with E-state index < -0.39 is 0 Å². The molecule has 0 radical (unpaired) electrons. The van der Waals surface area contributed by atoms with Gasteiger partial charge in [-0.25, -0.2) is 4.98 Å². The van der Waals surface area contributed by atoms with Crippen LogP contribution in [0, 0.1) is 12.8 Å². The monoisotopic (exact) mass is 467 g/mol. The van der Waals surface area contributed by atoms with Crippen LogP contribution in [0.4, 0.5) is 17.6 Å². The molecule has 11 heteroatoms. The van der Waals surface area contributed by atoms with Gasteiger partial charge in [-0.15, -0.1) is 16.4 Å². The average molecular weight is 468 g/mol. The molecule has 1 aliphatic heterocycles. The zero-order chi connectivity index (χ0) is 21.8. The van der Waals surface area contributed by atoms with Gasteiger partial charge in [-0.2, -0.15) is 14.6 Å². The van der Waals surface area contributed by atoms with Crippen molar-refractivity contribution in [1.29, 1.82) is 0 Å². The second-order valence-electron chi connectivity index (χ2n) is 8.50. The van der Waals surface area contributed by atoms with Crippen molar-refractivity contribution in [1.82, 2.24) is 34.6 Å². The quantitative estimate of drug-likeness (QED) is 0.427. The number of thiophene rings is 1. The molecule has 0 saturated heterocycles. The molecule has 32 heavy (non-hydrogen) atoms. The predicted octanol–water partition coefficient (Wildman–Crippen LogP) is 3.72. The Morgan fingerprint density at radius 1 is 1.28 bits per heavy atom. The number of fused-ring (bicyclic) bond motifs is 2. The molecule has 0 spiro atoms. The summed E-state index contributed by atoms with van der Waals surface area (Å²) in [5, 5.41) is 9.94. The molecule has 0 aromatic carbocycles. The Morgan fingerprint density at radius 2 is 2.16 bits per heavy atom. The van der Waals surface area contributed by atoms with E-state index in [0.29, 0.717) is 11.8 Å². The van der Waals surface area contributed by atoms with Crippen LogP contribution in [-0.4, -0.2) is 47.7 Å². The van der Waals surface area contributed by atoms with E-state index in [-0.39, 0.29) is 11.2 Å². The van der Waals surface area contributed by atoms with Gasteiger partial charge in [0, 0.05) is 31.7 Å². The topological polar surface area (TPSA) is 111 Å². The number of halogens is 1. The number of pyridine rings is 1. The summed E-state index contributed by atoms with van der Waals surface area (Å²) >= 11 is 7.69. The molecule has 5 heterocycles. The Kier molecular flexibility index (Phi) is 4.74. The molecule has 1 saturated carbocycles. The SMILES string of the molecule is Cc1csc2c(-n3nc(Nc4cnc5c(c4)CN(CC4CC4)CC5)nc3N)nc(Cl)nc12. The second kappa shape index (κ2) is 7.65. The molecule has 6 rings (SSSR count). The lowest BCUT2D eigenvalue weighted by Crippen LogP contribution is -2.32. The van der Waals surface area contributed by atoms with Crippen LogP contribution in [0.5, 0.6) is 0 Å². The highest BCUT2D eigenvalue weighted by Crippen LogP contribution is 2.32. The van der Waals surface area contributed by atoms with E-state index in [4.69, 9.17) is 17.3 Å². The minimum atomic E-state index is 0.146. The maximum absolute atomic E-state index is 6.18. The van der Waals surface area contributed by atoms with Crippen molar-refractivity contribution in [3.05, 3.63) is 39.7 Å². The number of aromatic nitrogens is 6. The number of hydrogen-bond acceptors (Lipinski definition) is 9. The summed E-state index contributed by atoms with van der Waals surface area (Å²) in [4.78, 5) is 20.3. The fourth-order valence-electron chi connectivity index (χ4n) is 4.17. The molecule has 164 valence electrons. The summed E-state index contributed by atoms with van der Waals surface area (Å²) in [5.74, 6) is 2.01. The van der Waals surface area contributed by atoms with E-state index in [2.05, 4.69) is 41.3 Å². The maximum atomic E-state index is 6.18. The number of nitrogen functional groups attached to an aromatic ring is 1. The molecular formula is C21H22ClN9S. The molecule has 3 N–H and O–H groups in total. The number of nitrogens with one attached hydrogen (secondary N) is 1. The maximum Gasteiger partial charge on any atom is 0.248 e. The van der Waals surface area contributed by atoms with Gasteiger partial charge in [0.05, 0.1) is 22.1 Å². The first kappa shape index (κ1) is 19.8. The van der Waals surface area contributed by atoms with Crippen LogP contribution >= 0.6 is 22.9 Å². The number of rotatable bonds is 5. The molecule has 4 aromatic heterocycles. The van der Waals surface area contributed by atoms with Crippen LogP contribution in [0.3, 0.4) is 0 Å². The van der Waals surface area contributed by atoms with E-state index in [0.717, 1.165) is 46.9 Å². The Labute approximate surface area is 193 Å². The van der Waals surface area contributed by atoms with Crippen LogP contribution in [0.2, 0.25) is 5.28 Å². The zero-order valence-corrected chi connectivity index (χ0v) is 19.1. The number of nitrogens with two attached hydrogens (primary N) is 1. The third-order valence-electron chi connectivity index (χ3n) is 5.97. The molecule has 1 aliphatic carbocycles. The number of nitrogens with zero attached hydrogens (tertiary/aromatic N) is 7. The second-order valence-corrected chi connectivity index (χ2v) is 9.72. The highest BCUT2D eigenvalue weighted by molar-refractivity contribution is 7.17. The standard InChI is InChI=1S/C21H22ClN9S/c1-11-10-32-17-16(11)26-19(22)27-18(17)31-20(23)28-21(29-31)25-14-6-13-9-30(8-12-2-3-12)5-4-15(13)24-7-14/h6-7,10,12H,2-5,8-9H2,1H3,(H3,23,25,28,29). The summed E-state index contributed by atoms with van der Waals surface area (Å²) in [6.07, 6.45) is 5.56. The Morgan fingerprint density at radius 3 is 3.00 bits per heavy atom. The fraction of sp³-hybridized carbons (Fsp3) is 0.381. The third kappa shape index (κ3) is 3.68. The smallest absolute Gasteiger partial charge is 0.248 e. The summed E-state index contributed by atoms with van der Waals surface area (Å²) in [6, 6.07) is 2.14. The van der Waals surface area contributed by atoms with Crippen molar-refractivity contribution >= 4 is 50.7 Å². The van der Waals surface area contributed by atoms with Crippen molar-refractivity contribution in [3.63, 3.8) is 0 Å². The van der Waals surface area contributed by atoms with Gasteiger partial charge in [-0.1, -0.05) is 0 Å². The predicted molar refractivity (Wildman–Crippen MR) is 126 cm³/mol. The van der Waals surface area contributed by atoms with E-state index in [1.807, 2.05) is 18.5 Å². The van der Waals surface area contributed by atoms with E-state index in [1.54, 1.807) is 0 Å². The van der Waals surface area contributed by atoms with Crippen molar-refractivity contribution in [2.45, 2.75) is 32.7 Å². The molecular weight excluding hydrogens is 446 g/mol. The molecule has 0 atom stereocenters. The first-order valence-electron chi connectivity index (χ1n) is 10.6. The summed E-state index contributed by atoms with van der Waals surface area (Å²) in [6.45, 7) is 5.20. The Balaban J connectivity index is 1.28. The third-order valence-corrected chi connectivity index (χ3v) is 7.22. The van der Waals surface area contributed by atoms with Crippen LogP contribution < -0.4 is 11.1 Å². The summed E-state index contributed by atoms with van der Waals surface area (Å²) < 4.78 is 2.36. The molecule has 0 bridgehead atoms.